The first-order chi connectivity index (χ1) is 17.4. The highest BCUT2D eigenvalue weighted by molar-refractivity contribution is 6.34. The van der Waals surface area contributed by atoms with E-state index in [2.05, 4.69) is 25.7 Å². The molecule has 3 heterocycles. The molecule has 192 valence electrons. The molecule has 2 atom stereocenters. The largest absolute Gasteiger partial charge is 0.603 e. The average Bonchev–Trinajstić information content (AvgIpc) is 3.37. The number of aromatic nitrogens is 5. The van der Waals surface area contributed by atoms with Gasteiger partial charge in [-0.15, -0.1) is 0 Å². The van der Waals surface area contributed by atoms with Gasteiger partial charge in [0.1, 0.15) is 24.9 Å². The van der Waals surface area contributed by atoms with Crippen LogP contribution >= 0.6 is 11.6 Å². The number of quaternary nitrogens is 2. The summed E-state index contributed by atoms with van der Waals surface area (Å²) in [6.07, 6.45) is 5.39. The first-order valence-corrected chi connectivity index (χ1v) is 11.2. The lowest BCUT2D eigenvalue weighted by molar-refractivity contribution is -1.08. The van der Waals surface area contributed by atoms with Crippen LogP contribution < -0.4 is 5.53 Å². The van der Waals surface area contributed by atoms with Crippen molar-refractivity contribution in [3.63, 3.8) is 0 Å². The Kier molecular flexibility index (Phi) is 6.10. The summed E-state index contributed by atoms with van der Waals surface area (Å²) < 4.78 is 41.7. The van der Waals surface area contributed by atoms with Gasteiger partial charge < -0.3 is 10.4 Å². The molecule has 37 heavy (non-hydrogen) atoms. The molecule has 0 spiro atoms. The minimum absolute atomic E-state index is 0.130. The number of fused-ring (bicyclic) bond motifs is 1. The van der Waals surface area contributed by atoms with E-state index in [-0.39, 0.29) is 22.4 Å². The van der Waals surface area contributed by atoms with Crippen molar-refractivity contribution < 1.29 is 22.7 Å². The van der Waals surface area contributed by atoms with E-state index in [1.807, 2.05) is 0 Å². The first kappa shape index (κ1) is 25.0. The number of halogens is 4. The van der Waals surface area contributed by atoms with Crippen LogP contribution in [-0.4, -0.2) is 39.9 Å². The van der Waals surface area contributed by atoms with Crippen LogP contribution in [-0.2, 0) is 27.2 Å². The Labute approximate surface area is 212 Å². The van der Waals surface area contributed by atoms with Crippen molar-refractivity contribution in [3.05, 3.63) is 93.3 Å². The molecule has 15 heteroatoms. The zero-order valence-corrected chi connectivity index (χ0v) is 20.2. The van der Waals surface area contributed by atoms with Gasteiger partial charge in [0.15, 0.2) is 18.2 Å². The Morgan fingerprint density at radius 2 is 1.76 bits per heavy atom. The SMILES string of the molecule is Cn1cnc(C[N+]2([O-])C=CC(=Nc3cc4cn(C)nc4cc3Cl)[N+]([O-])(Cc3cc(F)c(F)cc3F)N2)n1. The highest BCUT2D eigenvalue weighted by atomic mass is 35.5. The molecule has 11 nitrogen and oxygen atoms in total. The maximum absolute atomic E-state index is 14.5. The molecule has 2 aromatic carbocycles. The molecule has 1 aliphatic rings. The molecule has 1 aliphatic heterocycles. The van der Waals surface area contributed by atoms with Crippen LogP contribution in [0.3, 0.4) is 0 Å². The van der Waals surface area contributed by atoms with Crippen molar-refractivity contribution in [1.29, 1.82) is 0 Å². The van der Waals surface area contributed by atoms with Gasteiger partial charge in [-0.3, -0.25) is 9.36 Å². The van der Waals surface area contributed by atoms with Crippen LogP contribution in [0.25, 0.3) is 10.9 Å². The third-order valence-electron chi connectivity index (χ3n) is 5.59. The van der Waals surface area contributed by atoms with Crippen LogP contribution in [0.4, 0.5) is 18.9 Å². The van der Waals surface area contributed by atoms with Crippen LogP contribution in [0, 0.1) is 27.9 Å². The van der Waals surface area contributed by atoms with Gasteiger partial charge in [0.25, 0.3) is 5.84 Å². The van der Waals surface area contributed by atoms with E-state index in [0.29, 0.717) is 23.0 Å². The molecule has 2 unspecified atom stereocenters. The predicted octanol–water partition coefficient (Wildman–Crippen LogP) is 3.78. The lowest BCUT2D eigenvalue weighted by Crippen LogP contribution is -2.69. The molecule has 5 rings (SSSR count). The Balaban J connectivity index is 1.60. The fourth-order valence-electron chi connectivity index (χ4n) is 3.95. The normalized spacial score (nSPS) is 22.9. The van der Waals surface area contributed by atoms with Gasteiger partial charge in [0.05, 0.1) is 22.3 Å². The van der Waals surface area contributed by atoms with Gasteiger partial charge in [-0.25, -0.2) is 22.9 Å². The third kappa shape index (κ3) is 4.98. The smallest absolute Gasteiger partial charge is 0.257 e. The summed E-state index contributed by atoms with van der Waals surface area (Å²) in [6.45, 7) is -1.23. The topological polar surface area (TPSA) is 119 Å². The monoisotopic (exact) mass is 533 g/mol. The molecular formula is C22H19ClF3N9O2. The van der Waals surface area contributed by atoms with E-state index in [0.717, 1.165) is 6.20 Å². The summed E-state index contributed by atoms with van der Waals surface area (Å²) in [6, 6.07) is 4.05. The highest BCUT2D eigenvalue weighted by Gasteiger charge is 2.39. The molecule has 0 bridgehead atoms. The summed E-state index contributed by atoms with van der Waals surface area (Å²) in [7, 11) is 3.34. The van der Waals surface area contributed by atoms with Crippen molar-refractivity contribution in [2.24, 2.45) is 19.1 Å². The van der Waals surface area contributed by atoms with Crippen LogP contribution in [0.1, 0.15) is 11.4 Å². The summed E-state index contributed by atoms with van der Waals surface area (Å²) in [4.78, 5) is 8.35. The summed E-state index contributed by atoms with van der Waals surface area (Å²) in [5.41, 5.74) is 2.63. The average molecular weight is 534 g/mol. The molecule has 0 amide bonds. The van der Waals surface area contributed by atoms with Crippen molar-refractivity contribution in [1.82, 2.24) is 30.1 Å². The number of hydrogen-bond acceptors (Lipinski definition) is 7. The fraction of sp³-hybridized carbons (Fsp3) is 0.182. The molecule has 0 fully saturated rings. The number of nitrogens with one attached hydrogen (secondary N) is 1. The number of nitrogens with zero attached hydrogens (tertiary/aromatic N) is 8. The second-order valence-electron chi connectivity index (χ2n) is 8.59. The molecule has 2 aromatic heterocycles. The molecular weight excluding hydrogens is 515 g/mol. The number of aryl methyl sites for hydroxylation is 2. The third-order valence-corrected chi connectivity index (χ3v) is 5.90. The lowest BCUT2D eigenvalue weighted by atomic mass is 10.2. The van der Waals surface area contributed by atoms with E-state index in [1.165, 1.54) is 17.1 Å². The van der Waals surface area contributed by atoms with Gasteiger partial charge in [-0.1, -0.05) is 11.6 Å². The summed E-state index contributed by atoms with van der Waals surface area (Å²) in [5.74, 6) is -4.07. The van der Waals surface area contributed by atoms with Crippen molar-refractivity contribution >= 4 is 34.0 Å². The summed E-state index contributed by atoms with van der Waals surface area (Å²) >= 11 is 6.37. The Hall–Kier alpha value is -3.66. The van der Waals surface area contributed by atoms with Crippen molar-refractivity contribution in [2.45, 2.75) is 13.1 Å². The minimum atomic E-state index is -1.73. The Morgan fingerprint density at radius 3 is 2.49 bits per heavy atom. The van der Waals surface area contributed by atoms with Gasteiger partial charge in [-0.05, 0) is 18.2 Å². The van der Waals surface area contributed by atoms with Gasteiger partial charge >= 0.3 is 0 Å². The van der Waals surface area contributed by atoms with Crippen LogP contribution in [0.15, 0.2) is 54.1 Å². The number of aliphatic imine (C=N–C) groups is 1. The molecule has 1 N–H and O–H groups in total. The van der Waals surface area contributed by atoms with E-state index in [4.69, 9.17) is 11.6 Å². The molecule has 0 radical (unpaired) electrons. The number of hydrogen-bond donors (Lipinski definition) is 1. The van der Waals surface area contributed by atoms with Crippen molar-refractivity contribution in [2.75, 3.05) is 0 Å². The number of rotatable bonds is 5. The number of benzene rings is 2. The quantitative estimate of drug-likeness (QED) is 0.237. The lowest BCUT2D eigenvalue weighted by Gasteiger charge is -2.50. The van der Waals surface area contributed by atoms with E-state index >= 15 is 0 Å². The molecule has 4 aromatic rings. The predicted molar refractivity (Wildman–Crippen MR) is 127 cm³/mol. The van der Waals surface area contributed by atoms with Gasteiger partial charge in [0.2, 0.25) is 5.82 Å². The minimum Gasteiger partial charge on any atom is -0.603 e. The zero-order chi connectivity index (χ0) is 26.5. The van der Waals surface area contributed by atoms with Crippen molar-refractivity contribution in [3.8, 4) is 0 Å². The standard InChI is InChI=1S/C22H19ClF3N9O2/c1-32-9-13-6-20(15(23)7-19(13)29-32)28-22-3-4-34(36,11-21-27-12-33(2)30-21)31-35(22,37)10-14-5-17(25)18(26)8-16(14)24/h3-9,12,31H,10-11H2,1-2H3. The number of hydroxylamine groups is 4. The fourth-order valence-corrected chi connectivity index (χ4v) is 4.15. The highest BCUT2D eigenvalue weighted by Crippen LogP contribution is 2.32. The number of amidine groups is 1. The first-order valence-electron chi connectivity index (χ1n) is 10.8. The maximum Gasteiger partial charge on any atom is 0.257 e. The van der Waals surface area contributed by atoms with Gasteiger partial charge in [-0.2, -0.15) is 19.9 Å². The molecule has 0 aliphatic carbocycles. The van der Waals surface area contributed by atoms with Crippen LogP contribution in [0.5, 0.6) is 0 Å². The Bertz CT molecular complexity index is 1590. The van der Waals surface area contributed by atoms with E-state index in [1.54, 1.807) is 37.1 Å². The van der Waals surface area contributed by atoms with Crippen LogP contribution in [0.2, 0.25) is 5.02 Å². The second kappa shape index (κ2) is 9.02. The van der Waals surface area contributed by atoms with E-state index in [9.17, 15) is 23.6 Å². The second-order valence-corrected chi connectivity index (χ2v) is 9.00. The maximum atomic E-state index is 14.5. The Morgan fingerprint density at radius 1 is 1.00 bits per heavy atom. The molecule has 0 saturated carbocycles. The molecule has 0 saturated heterocycles. The van der Waals surface area contributed by atoms with E-state index < -0.39 is 45.6 Å². The zero-order valence-electron chi connectivity index (χ0n) is 19.4. The summed E-state index contributed by atoms with van der Waals surface area (Å²) in [5, 5.41) is 36.7. The van der Waals surface area contributed by atoms with Gasteiger partial charge in [0, 0.05) is 42.8 Å².